The van der Waals surface area contributed by atoms with Gasteiger partial charge in [-0.25, -0.2) is 0 Å². The van der Waals surface area contributed by atoms with Crippen molar-refractivity contribution in [2.75, 3.05) is 13.2 Å². The summed E-state index contributed by atoms with van der Waals surface area (Å²) < 4.78 is 0. The molecule has 0 saturated heterocycles. The molecular formula is C15H19Cl2NO2. The van der Waals surface area contributed by atoms with E-state index >= 15 is 0 Å². The first kappa shape index (κ1) is 17.0. The molecule has 0 spiro atoms. The van der Waals surface area contributed by atoms with Gasteiger partial charge in [0.05, 0.1) is 10.0 Å². The molecule has 20 heavy (non-hydrogen) atoms. The predicted octanol–water partition coefficient (Wildman–Crippen LogP) is 3.53. The van der Waals surface area contributed by atoms with Gasteiger partial charge in [-0.2, -0.15) is 0 Å². The Bertz CT molecular complexity index is 475. The zero-order valence-corrected chi connectivity index (χ0v) is 12.9. The number of aliphatic hydroxyl groups is 1. The van der Waals surface area contributed by atoms with Crippen LogP contribution in [0.3, 0.4) is 0 Å². The van der Waals surface area contributed by atoms with Crippen molar-refractivity contribution >= 4 is 35.2 Å². The first-order chi connectivity index (χ1) is 9.56. The van der Waals surface area contributed by atoms with Crippen molar-refractivity contribution < 1.29 is 9.90 Å². The third kappa shape index (κ3) is 5.95. The highest BCUT2D eigenvalue weighted by atomic mass is 35.5. The van der Waals surface area contributed by atoms with Crippen LogP contribution >= 0.6 is 23.2 Å². The Kier molecular flexibility index (Phi) is 7.67. The molecule has 1 aromatic carbocycles. The molecule has 0 aliphatic heterocycles. The van der Waals surface area contributed by atoms with Crippen LogP contribution in [0.15, 0.2) is 24.3 Å². The quantitative estimate of drug-likeness (QED) is 0.756. The van der Waals surface area contributed by atoms with Crippen LogP contribution in [0.25, 0.3) is 6.08 Å². The van der Waals surface area contributed by atoms with E-state index in [0.717, 1.165) is 12.0 Å². The Hall–Kier alpha value is -1.03. The number of aliphatic hydroxyl groups excluding tert-OH is 1. The molecule has 2 N–H and O–H groups in total. The summed E-state index contributed by atoms with van der Waals surface area (Å²) >= 11 is 11.7. The van der Waals surface area contributed by atoms with Crippen molar-refractivity contribution in [2.45, 2.75) is 19.8 Å². The fourth-order valence-electron chi connectivity index (χ4n) is 1.72. The topological polar surface area (TPSA) is 49.3 Å². The lowest BCUT2D eigenvalue weighted by molar-refractivity contribution is -0.116. The molecule has 0 saturated carbocycles. The molecule has 0 aliphatic carbocycles. The molecule has 5 heteroatoms. The number of hydrogen-bond acceptors (Lipinski definition) is 2. The summed E-state index contributed by atoms with van der Waals surface area (Å²) in [6, 6.07) is 5.18. The highest BCUT2D eigenvalue weighted by molar-refractivity contribution is 6.42. The molecular weight excluding hydrogens is 297 g/mol. The average Bonchev–Trinajstić information content (AvgIpc) is 2.44. The number of carbonyl (C=O) groups excluding carboxylic acids is 1. The minimum atomic E-state index is -0.160. The van der Waals surface area contributed by atoms with Gasteiger partial charge in [-0.1, -0.05) is 42.6 Å². The van der Waals surface area contributed by atoms with Gasteiger partial charge in [-0.3, -0.25) is 4.79 Å². The first-order valence-corrected chi connectivity index (χ1v) is 7.34. The summed E-state index contributed by atoms with van der Waals surface area (Å²) in [5.74, 6) is 0.148. The standard InChI is InChI=1S/C15H19Cl2NO2/c1-2-11(7-8-19)10-18-15(20)6-4-12-3-5-13(16)14(17)9-12/h3-6,9,11,19H,2,7-8,10H2,1H3,(H,18,20)/b6-4+. The normalized spacial score (nSPS) is 12.6. The monoisotopic (exact) mass is 315 g/mol. The fraction of sp³-hybridized carbons (Fsp3) is 0.400. The second-order valence-corrected chi connectivity index (χ2v) is 5.35. The molecule has 110 valence electrons. The molecule has 0 heterocycles. The van der Waals surface area contributed by atoms with Crippen LogP contribution in [0.5, 0.6) is 0 Å². The lowest BCUT2D eigenvalue weighted by atomic mass is 10.0. The molecule has 0 fully saturated rings. The number of nitrogens with one attached hydrogen (secondary N) is 1. The van der Waals surface area contributed by atoms with Crippen LogP contribution in [0, 0.1) is 5.92 Å². The van der Waals surface area contributed by atoms with Crippen LogP contribution in [-0.4, -0.2) is 24.2 Å². The molecule has 1 amide bonds. The summed E-state index contributed by atoms with van der Waals surface area (Å²) in [5, 5.41) is 12.7. The van der Waals surface area contributed by atoms with E-state index in [1.165, 1.54) is 6.08 Å². The zero-order valence-electron chi connectivity index (χ0n) is 11.4. The average molecular weight is 316 g/mol. The van der Waals surface area contributed by atoms with Gasteiger partial charge >= 0.3 is 0 Å². The third-order valence-electron chi connectivity index (χ3n) is 3.05. The van der Waals surface area contributed by atoms with E-state index < -0.39 is 0 Å². The fourth-order valence-corrected chi connectivity index (χ4v) is 2.03. The van der Waals surface area contributed by atoms with Crippen molar-refractivity contribution in [3.63, 3.8) is 0 Å². The van der Waals surface area contributed by atoms with Gasteiger partial charge in [-0.05, 0) is 36.1 Å². The van der Waals surface area contributed by atoms with Crippen LogP contribution < -0.4 is 5.32 Å². The number of rotatable bonds is 7. The first-order valence-electron chi connectivity index (χ1n) is 6.58. The number of carbonyl (C=O) groups is 1. The molecule has 1 unspecified atom stereocenters. The number of hydrogen-bond donors (Lipinski definition) is 2. The molecule has 0 bridgehead atoms. The summed E-state index contributed by atoms with van der Waals surface area (Å²) in [6.07, 6.45) is 4.78. The highest BCUT2D eigenvalue weighted by Gasteiger charge is 2.06. The van der Waals surface area contributed by atoms with E-state index in [0.29, 0.717) is 28.9 Å². The van der Waals surface area contributed by atoms with Gasteiger partial charge in [0.25, 0.3) is 0 Å². The van der Waals surface area contributed by atoms with Gasteiger partial charge in [-0.15, -0.1) is 0 Å². The summed E-state index contributed by atoms with van der Waals surface area (Å²) in [4.78, 5) is 11.7. The van der Waals surface area contributed by atoms with E-state index in [1.807, 2.05) is 6.92 Å². The van der Waals surface area contributed by atoms with Crippen molar-refractivity contribution in [3.05, 3.63) is 39.9 Å². The molecule has 1 aromatic rings. The molecule has 1 atom stereocenters. The van der Waals surface area contributed by atoms with Gasteiger partial charge in [0.15, 0.2) is 0 Å². The van der Waals surface area contributed by atoms with Gasteiger partial charge in [0, 0.05) is 19.2 Å². The van der Waals surface area contributed by atoms with Crippen molar-refractivity contribution in [2.24, 2.45) is 5.92 Å². The Labute approximate surface area is 129 Å². The van der Waals surface area contributed by atoms with Gasteiger partial charge in [0.2, 0.25) is 5.91 Å². The molecule has 0 aromatic heterocycles. The smallest absolute Gasteiger partial charge is 0.244 e. The zero-order chi connectivity index (χ0) is 15.0. The Morgan fingerprint density at radius 3 is 2.75 bits per heavy atom. The van der Waals surface area contributed by atoms with E-state index in [1.54, 1.807) is 24.3 Å². The third-order valence-corrected chi connectivity index (χ3v) is 3.79. The number of halogens is 2. The van der Waals surface area contributed by atoms with Crippen LogP contribution in [-0.2, 0) is 4.79 Å². The minimum Gasteiger partial charge on any atom is -0.396 e. The van der Waals surface area contributed by atoms with Gasteiger partial charge < -0.3 is 10.4 Å². The van der Waals surface area contributed by atoms with Gasteiger partial charge in [0.1, 0.15) is 0 Å². The second kappa shape index (κ2) is 9.01. The SMILES string of the molecule is CCC(CCO)CNC(=O)/C=C/c1ccc(Cl)c(Cl)c1. The largest absolute Gasteiger partial charge is 0.396 e. The van der Waals surface area contributed by atoms with E-state index in [2.05, 4.69) is 5.32 Å². The van der Waals surface area contributed by atoms with Crippen LogP contribution in [0.1, 0.15) is 25.3 Å². The maximum atomic E-state index is 11.7. The lowest BCUT2D eigenvalue weighted by Gasteiger charge is -2.13. The van der Waals surface area contributed by atoms with Crippen molar-refractivity contribution in [3.8, 4) is 0 Å². The summed E-state index contributed by atoms with van der Waals surface area (Å²) in [5.41, 5.74) is 0.817. The molecule has 0 radical (unpaired) electrons. The molecule has 0 aliphatic rings. The van der Waals surface area contributed by atoms with Crippen LogP contribution in [0.4, 0.5) is 0 Å². The predicted molar refractivity (Wildman–Crippen MR) is 84.0 cm³/mol. The second-order valence-electron chi connectivity index (χ2n) is 4.54. The minimum absolute atomic E-state index is 0.146. The Balaban J connectivity index is 2.48. The molecule has 1 rings (SSSR count). The Morgan fingerprint density at radius 2 is 2.15 bits per heavy atom. The van der Waals surface area contributed by atoms with E-state index in [4.69, 9.17) is 28.3 Å². The maximum Gasteiger partial charge on any atom is 0.244 e. The van der Waals surface area contributed by atoms with E-state index in [-0.39, 0.29) is 12.5 Å². The maximum absolute atomic E-state index is 11.7. The van der Waals surface area contributed by atoms with Crippen molar-refractivity contribution in [1.29, 1.82) is 0 Å². The number of amides is 1. The van der Waals surface area contributed by atoms with Crippen LogP contribution in [0.2, 0.25) is 10.0 Å². The van der Waals surface area contributed by atoms with E-state index in [9.17, 15) is 4.79 Å². The summed E-state index contributed by atoms with van der Waals surface area (Å²) in [6.45, 7) is 2.76. The molecule has 3 nitrogen and oxygen atoms in total. The highest BCUT2D eigenvalue weighted by Crippen LogP contribution is 2.23. The van der Waals surface area contributed by atoms with Crippen molar-refractivity contribution in [1.82, 2.24) is 5.32 Å². The Morgan fingerprint density at radius 1 is 1.40 bits per heavy atom. The lowest BCUT2D eigenvalue weighted by Crippen LogP contribution is -2.28. The summed E-state index contributed by atoms with van der Waals surface area (Å²) in [7, 11) is 0. The number of benzene rings is 1.